The zero-order chi connectivity index (χ0) is 17.4. The number of para-hydroxylation sites is 1. The molecule has 0 saturated heterocycles. The fraction of sp³-hybridized carbons (Fsp3) is 0.0556. The third kappa shape index (κ3) is 3.01. The van der Waals surface area contributed by atoms with Crippen molar-refractivity contribution in [2.45, 2.75) is 0 Å². The molecule has 5 nitrogen and oxygen atoms in total. The molecule has 124 valence electrons. The van der Waals surface area contributed by atoms with Gasteiger partial charge in [-0.25, -0.2) is 9.99 Å². The Kier molecular flexibility index (Phi) is 3.99. The smallest absolute Gasteiger partial charge is 0.155 e. The predicted molar refractivity (Wildman–Crippen MR) is 103 cm³/mol. The monoisotopic (exact) mass is 368 g/mol. The van der Waals surface area contributed by atoms with Gasteiger partial charge in [0.25, 0.3) is 0 Å². The molecular formula is C18H13ClN4OS. The third-order valence-electron chi connectivity index (χ3n) is 3.81. The number of benzene rings is 2. The van der Waals surface area contributed by atoms with Gasteiger partial charge in [0, 0.05) is 5.02 Å². The molecule has 0 aliphatic carbocycles. The van der Waals surface area contributed by atoms with Crippen molar-refractivity contribution in [1.29, 1.82) is 5.41 Å². The average Bonchev–Trinajstić information content (AvgIpc) is 3.14. The van der Waals surface area contributed by atoms with E-state index in [4.69, 9.17) is 17.0 Å². The minimum absolute atomic E-state index is 0.109. The lowest BCUT2D eigenvalue weighted by molar-refractivity contribution is 0.358. The predicted octanol–water partition coefficient (Wildman–Crippen LogP) is 4.55. The van der Waals surface area contributed by atoms with Crippen molar-refractivity contribution in [2.75, 3.05) is 6.54 Å². The number of hydrazone groups is 1. The molecule has 0 unspecified atom stereocenters. The number of fused-ring (bicyclic) bond motifs is 1. The minimum atomic E-state index is 0.109. The molecule has 1 aliphatic heterocycles. The summed E-state index contributed by atoms with van der Waals surface area (Å²) in [5.41, 5.74) is 2.17. The van der Waals surface area contributed by atoms with Crippen LogP contribution >= 0.6 is 22.9 Å². The maximum absolute atomic E-state index is 10.3. The first-order valence-corrected chi connectivity index (χ1v) is 8.75. The lowest BCUT2D eigenvalue weighted by Gasteiger charge is -2.11. The Bertz CT molecular complexity index is 990. The van der Waals surface area contributed by atoms with Crippen molar-refractivity contribution in [3.63, 3.8) is 0 Å². The summed E-state index contributed by atoms with van der Waals surface area (Å²) in [6.07, 6.45) is 1.64. The van der Waals surface area contributed by atoms with E-state index in [0.717, 1.165) is 15.8 Å². The average molecular weight is 369 g/mol. The van der Waals surface area contributed by atoms with Crippen LogP contribution in [0.1, 0.15) is 10.6 Å². The van der Waals surface area contributed by atoms with Crippen LogP contribution in [0.3, 0.4) is 0 Å². The quantitative estimate of drug-likeness (QED) is 0.666. The first-order chi connectivity index (χ1) is 12.1. The normalized spacial score (nSPS) is 15.1. The number of thiazole rings is 1. The fourth-order valence-corrected chi connectivity index (χ4v) is 3.71. The second-order valence-corrected chi connectivity index (χ2v) is 6.98. The molecule has 0 spiro atoms. The van der Waals surface area contributed by atoms with E-state index < -0.39 is 0 Å². The summed E-state index contributed by atoms with van der Waals surface area (Å²) in [7, 11) is 0. The van der Waals surface area contributed by atoms with Gasteiger partial charge < -0.3 is 5.11 Å². The van der Waals surface area contributed by atoms with Crippen molar-refractivity contribution >= 4 is 50.8 Å². The number of nitrogens with one attached hydrogen (secondary N) is 1. The van der Waals surface area contributed by atoms with Gasteiger partial charge in [0.15, 0.2) is 5.84 Å². The summed E-state index contributed by atoms with van der Waals surface area (Å²) in [6, 6.07) is 15.0. The van der Waals surface area contributed by atoms with Gasteiger partial charge in [0.05, 0.1) is 22.0 Å². The summed E-state index contributed by atoms with van der Waals surface area (Å²) in [5, 5.41) is 25.7. The molecule has 2 aromatic carbocycles. The Morgan fingerprint density at radius 3 is 2.72 bits per heavy atom. The second kappa shape index (κ2) is 6.31. The molecule has 0 radical (unpaired) electrons. The van der Waals surface area contributed by atoms with E-state index in [9.17, 15) is 5.11 Å². The molecule has 0 atom stereocenters. The van der Waals surface area contributed by atoms with Crippen molar-refractivity contribution in [3.8, 4) is 0 Å². The first kappa shape index (κ1) is 15.8. The highest BCUT2D eigenvalue weighted by atomic mass is 35.5. The number of rotatable bonds is 3. The number of halogens is 1. The Labute approximate surface area is 153 Å². The van der Waals surface area contributed by atoms with E-state index in [-0.39, 0.29) is 18.1 Å². The van der Waals surface area contributed by atoms with Crippen LogP contribution in [0.5, 0.6) is 0 Å². The molecule has 25 heavy (non-hydrogen) atoms. The molecule has 0 saturated carbocycles. The van der Waals surface area contributed by atoms with Crippen molar-refractivity contribution in [1.82, 2.24) is 9.99 Å². The van der Waals surface area contributed by atoms with Crippen molar-refractivity contribution in [2.24, 2.45) is 5.10 Å². The van der Waals surface area contributed by atoms with Crippen LogP contribution in [0.15, 0.2) is 59.4 Å². The standard InChI is InChI=1S/C18H13ClN4OS/c19-12-7-5-11(6-8-12)9-21-23-10-14(24)16(17(23)20)18-22-13-3-1-2-4-15(13)25-18/h1-9,20,24H,10H2/b20-17?,21-9+. The topological polar surface area (TPSA) is 72.6 Å². The van der Waals surface area contributed by atoms with Gasteiger partial charge in [0.1, 0.15) is 17.3 Å². The summed E-state index contributed by atoms with van der Waals surface area (Å²) in [4.78, 5) is 4.52. The molecule has 0 fully saturated rings. The van der Waals surface area contributed by atoms with Crippen LogP contribution in [0.4, 0.5) is 0 Å². The lowest BCUT2D eigenvalue weighted by atomic mass is 10.2. The number of aliphatic hydroxyl groups is 1. The Hall–Kier alpha value is -2.70. The molecule has 7 heteroatoms. The highest BCUT2D eigenvalue weighted by Crippen LogP contribution is 2.33. The van der Waals surface area contributed by atoms with Crippen LogP contribution in [-0.2, 0) is 0 Å². The van der Waals surface area contributed by atoms with E-state index in [2.05, 4.69) is 10.1 Å². The summed E-state index contributed by atoms with van der Waals surface area (Å²) in [5.74, 6) is 0.249. The molecule has 2 N–H and O–H groups in total. The Morgan fingerprint density at radius 2 is 1.96 bits per heavy atom. The SMILES string of the molecule is N=C1C(c2nc3ccccc3s2)=C(O)CN1/N=C/c1ccc(Cl)cc1. The zero-order valence-electron chi connectivity index (χ0n) is 13.0. The highest BCUT2D eigenvalue weighted by molar-refractivity contribution is 7.19. The summed E-state index contributed by atoms with van der Waals surface area (Å²) < 4.78 is 1.02. The van der Waals surface area contributed by atoms with Gasteiger partial charge in [0.2, 0.25) is 0 Å². The Morgan fingerprint density at radius 1 is 1.20 bits per heavy atom. The number of hydrogen-bond acceptors (Lipinski definition) is 5. The fourth-order valence-electron chi connectivity index (χ4n) is 2.55. The maximum Gasteiger partial charge on any atom is 0.155 e. The van der Waals surface area contributed by atoms with E-state index in [1.165, 1.54) is 16.3 Å². The molecule has 0 amide bonds. The van der Waals surface area contributed by atoms with Gasteiger partial charge in [-0.05, 0) is 29.8 Å². The largest absolute Gasteiger partial charge is 0.509 e. The van der Waals surface area contributed by atoms with E-state index in [1.54, 1.807) is 18.3 Å². The van der Waals surface area contributed by atoms with E-state index in [1.807, 2.05) is 36.4 Å². The maximum atomic E-state index is 10.3. The van der Waals surface area contributed by atoms with Crippen LogP contribution in [0, 0.1) is 5.41 Å². The number of amidine groups is 1. The number of nitrogens with zero attached hydrogens (tertiary/aromatic N) is 3. The van der Waals surface area contributed by atoms with Gasteiger partial charge >= 0.3 is 0 Å². The highest BCUT2D eigenvalue weighted by Gasteiger charge is 2.30. The Balaban J connectivity index is 1.59. The second-order valence-electron chi connectivity index (χ2n) is 5.51. The van der Waals surface area contributed by atoms with Crippen LogP contribution in [0.25, 0.3) is 15.8 Å². The van der Waals surface area contributed by atoms with Gasteiger partial charge in [-0.3, -0.25) is 5.41 Å². The van der Waals surface area contributed by atoms with Crippen LogP contribution < -0.4 is 0 Å². The van der Waals surface area contributed by atoms with Crippen LogP contribution in [-0.4, -0.2) is 33.7 Å². The molecule has 2 heterocycles. The van der Waals surface area contributed by atoms with E-state index in [0.29, 0.717) is 15.6 Å². The van der Waals surface area contributed by atoms with Crippen molar-refractivity contribution in [3.05, 3.63) is 69.9 Å². The number of hydrogen-bond donors (Lipinski definition) is 2. The van der Waals surface area contributed by atoms with Gasteiger partial charge in [-0.1, -0.05) is 35.9 Å². The minimum Gasteiger partial charge on any atom is -0.509 e. The molecular weight excluding hydrogens is 356 g/mol. The molecule has 3 aromatic rings. The molecule has 1 aromatic heterocycles. The molecule has 4 rings (SSSR count). The van der Waals surface area contributed by atoms with Crippen LogP contribution in [0.2, 0.25) is 5.02 Å². The van der Waals surface area contributed by atoms with E-state index >= 15 is 0 Å². The first-order valence-electron chi connectivity index (χ1n) is 7.56. The van der Waals surface area contributed by atoms with Gasteiger partial charge in [-0.15, -0.1) is 11.3 Å². The van der Waals surface area contributed by atoms with Gasteiger partial charge in [-0.2, -0.15) is 5.10 Å². The third-order valence-corrected chi connectivity index (χ3v) is 5.11. The lowest BCUT2D eigenvalue weighted by Crippen LogP contribution is -2.20. The number of aliphatic hydroxyl groups excluding tert-OH is 1. The summed E-state index contributed by atoms with van der Waals surface area (Å²) in [6.45, 7) is 0.161. The zero-order valence-corrected chi connectivity index (χ0v) is 14.6. The molecule has 0 bridgehead atoms. The molecule has 1 aliphatic rings. The summed E-state index contributed by atoms with van der Waals surface area (Å²) >= 11 is 7.32. The van der Waals surface area contributed by atoms with Crippen molar-refractivity contribution < 1.29 is 5.11 Å². The number of aromatic nitrogens is 1.